The average molecular weight is 374 g/mol. The molecule has 1 aliphatic rings. The molecule has 1 aromatic carbocycles. The summed E-state index contributed by atoms with van der Waals surface area (Å²) >= 11 is 0. The molecule has 140 valence electrons. The summed E-state index contributed by atoms with van der Waals surface area (Å²) in [4.78, 5) is 14.4. The Bertz CT molecular complexity index is 969. The molecule has 1 amide bonds. The standard InChI is InChI=1S/C20H18N6O2/c21-14-15-2-4-16(5-3-15)20(27)25-12-8-17(9-13-25)28-19-7-6-18(23-24-19)26-11-1-10-22-26/h1-7,10-11,17H,8-9,12-13H2. The maximum atomic E-state index is 12.6. The van der Waals surface area contributed by atoms with Gasteiger partial charge in [-0.2, -0.15) is 10.4 Å². The Morgan fingerprint density at radius 3 is 2.50 bits per heavy atom. The zero-order valence-electron chi connectivity index (χ0n) is 15.1. The number of likely N-dealkylation sites (tertiary alicyclic amines) is 1. The highest BCUT2D eigenvalue weighted by atomic mass is 16.5. The number of ether oxygens (including phenoxy) is 1. The van der Waals surface area contributed by atoms with Crippen molar-refractivity contribution >= 4 is 5.91 Å². The van der Waals surface area contributed by atoms with Crippen LogP contribution in [0.3, 0.4) is 0 Å². The van der Waals surface area contributed by atoms with Crippen LogP contribution in [0.4, 0.5) is 0 Å². The normalized spacial score (nSPS) is 14.5. The van der Waals surface area contributed by atoms with E-state index < -0.39 is 0 Å². The van der Waals surface area contributed by atoms with Gasteiger partial charge in [0.25, 0.3) is 5.91 Å². The number of carbonyl (C=O) groups is 1. The number of amides is 1. The van der Waals surface area contributed by atoms with Crippen molar-refractivity contribution in [2.75, 3.05) is 13.1 Å². The first-order chi connectivity index (χ1) is 13.7. The van der Waals surface area contributed by atoms with Gasteiger partial charge in [-0.15, -0.1) is 10.2 Å². The van der Waals surface area contributed by atoms with Crippen LogP contribution in [0.5, 0.6) is 5.88 Å². The second-order valence-electron chi connectivity index (χ2n) is 6.48. The van der Waals surface area contributed by atoms with Crippen molar-refractivity contribution in [2.45, 2.75) is 18.9 Å². The van der Waals surface area contributed by atoms with Crippen molar-refractivity contribution in [3.63, 3.8) is 0 Å². The minimum Gasteiger partial charge on any atom is -0.473 e. The van der Waals surface area contributed by atoms with Crippen molar-refractivity contribution in [3.05, 3.63) is 66.0 Å². The molecule has 1 saturated heterocycles. The fraction of sp³-hybridized carbons (Fsp3) is 0.250. The average Bonchev–Trinajstić information content (AvgIpc) is 3.29. The molecule has 4 rings (SSSR count). The van der Waals surface area contributed by atoms with Gasteiger partial charge >= 0.3 is 0 Å². The number of carbonyl (C=O) groups excluding carboxylic acids is 1. The molecule has 3 heterocycles. The van der Waals surface area contributed by atoms with E-state index in [0.29, 0.717) is 35.9 Å². The molecule has 8 nitrogen and oxygen atoms in total. The molecular weight excluding hydrogens is 356 g/mol. The molecule has 2 aromatic heterocycles. The molecule has 28 heavy (non-hydrogen) atoms. The third-order valence-electron chi connectivity index (χ3n) is 4.64. The van der Waals surface area contributed by atoms with Crippen LogP contribution in [-0.4, -0.2) is 50.0 Å². The zero-order valence-corrected chi connectivity index (χ0v) is 15.1. The third-order valence-corrected chi connectivity index (χ3v) is 4.64. The number of hydrogen-bond acceptors (Lipinski definition) is 6. The lowest BCUT2D eigenvalue weighted by atomic mass is 10.1. The smallest absolute Gasteiger partial charge is 0.253 e. The van der Waals surface area contributed by atoms with Crippen molar-refractivity contribution in [1.29, 1.82) is 5.26 Å². The van der Waals surface area contributed by atoms with Gasteiger partial charge in [-0.25, -0.2) is 4.68 Å². The first kappa shape index (κ1) is 17.7. The van der Waals surface area contributed by atoms with Gasteiger partial charge in [0, 0.05) is 50.0 Å². The quantitative estimate of drug-likeness (QED) is 0.695. The van der Waals surface area contributed by atoms with Gasteiger partial charge in [0.05, 0.1) is 11.6 Å². The molecule has 0 radical (unpaired) electrons. The van der Waals surface area contributed by atoms with E-state index in [1.165, 1.54) is 0 Å². The lowest BCUT2D eigenvalue weighted by Gasteiger charge is -2.31. The Hall–Kier alpha value is -3.73. The minimum atomic E-state index is -0.0219. The van der Waals surface area contributed by atoms with Crippen LogP contribution >= 0.6 is 0 Å². The number of piperidine rings is 1. The molecule has 1 aliphatic heterocycles. The molecule has 0 spiro atoms. The van der Waals surface area contributed by atoms with Gasteiger partial charge < -0.3 is 9.64 Å². The lowest BCUT2D eigenvalue weighted by Crippen LogP contribution is -2.41. The first-order valence-corrected chi connectivity index (χ1v) is 9.03. The lowest BCUT2D eigenvalue weighted by molar-refractivity contribution is 0.0586. The summed E-state index contributed by atoms with van der Waals surface area (Å²) in [5, 5.41) is 21.2. The van der Waals surface area contributed by atoms with E-state index in [-0.39, 0.29) is 12.0 Å². The number of rotatable bonds is 4. The summed E-state index contributed by atoms with van der Waals surface area (Å²) in [6, 6.07) is 14.2. The molecule has 1 fully saturated rings. The molecular formula is C20H18N6O2. The van der Waals surface area contributed by atoms with Crippen LogP contribution < -0.4 is 4.74 Å². The topological polar surface area (TPSA) is 96.9 Å². The Morgan fingerprint density at radius 1 is 1.11 bits per heavy atom. The number of aromatic nitrogens is 4. The number of benzene rings is 1. The van der Waals surface area contributed by atoms with E-state index in [0.717, 1.165) is 12.8 Å². The van der Waals surface area contributed by atoms with E-state index in [1.807, 2.05) is 11.0 Å². The van der Waals surface area contributed by atoms with E-state index in [2.05, 4.69) is 21.4 Å². The molecule has 8 heteroatoms. The van der Waals surface area contributed by atoms with E-state index in [4.69, 9.17) is 10.00 Å². The first-order valence-electron chi connectivity index (χ1n) is 9.03. The van der Waals surface area contributed by atoms with Gasteiger partial charge in [0.15, 0.2) is 5.82 Å². The van der Waals surface area contributed by atoms with E-state index >= 15 is 0 Å². The van der Waals surface area contributed by atoms with Gasteiger partial charge in [-0.1, -0.05) is 0 Å². The number of nitrogens with zero attached hydrogens (tertiary/aromatic N) is 6. The van der Waals surface area contributed by atoms with Crippen LogP contribution in [0, 0.1) is 11.3 Å². The van der Waals surface area contributed by atoms with Gasteiger partial charge in [-0.05, 0) is 36.4 Å². The van der Waals surface area contributed by atoms with Crippen molar-refractivity contribution in [1.82, 2.24) is 24.9 Å². The van der Waals surface area contributed by atoms with Crippen LogP contribution in [0.1, 0.15) is 28.8 Å². The van der Waals surface area contributed by atoms with Gasteiger partial charge in [-0.3, -0.25) is 4.79 Å². The molecule has 0 saturated carbocycles. The second kappa shape index (κ2) is 7.88. The molecule has 0 N–H and O–H groups in total. The monoisotopic (exact) mass is 374 g/mol. The summed E-state index contributed by atoms with van der Waals surface area (Å²) < 4.78 is 7.54. The highest BCUT2D eigenvalue weighted by molar-refractivity contribution is 5.94. The largest absolute Gasteiger partial charge is 0.473 e. The maximum Gasteiger partial charge on any atom is 0.253 e. The van der Waals surface area contributed by atoms with Gasteiger partial charge in [0.2, 0.25) is 5.88 Å². The Morgan fingerprint density at radius 2 is 1.89 bits per heavy atom. The molecule has 3 aromatic rings. The summed E-state index contributed by atoms with van der Waals surface area (Å²) in [5.74, 6) is 1.07. The molecule has 0 unspecified atom stereocenters. The van der Waals surface area contributed by atoms with Gasteiger partial charge in [0.1, 0.15) is 6.10 Å². The van der Waals surface area contributed by atoms with Crippen molar-refractivity contribution in [3.8, 4) is 17.8 Å². The second-order valence-corrected chi connectivity index (χ2v) is 6.48. The van der Waals surface area contributed by atoms with Crippen molar-refractivity contribution < 1.29 is 9.53 Å². The predicted molar refractivity (Wildman–Crippen MR) is 99.9 cm³/mol. The highest BCUT2D eigenvalue weighted by Gasteiger charge is 2.25. The summed E-state index contributed by atoms with van der Waals surface area (Å²) in [5.41, 5.74) is 1.14. The third kappa shape index (κ3) is 3.83. The zero-order chi connectivity index (χ0) is 19.3. The van der Waals surface area contributed by atoms with Crippen LogP contribution in [-0.2, 0) is 0 Å². The van der Waals surface area contributed by atoms with E-state index in [9.17, 15) is 4.79 Å². The Kier molecular flexibility index (Phi) is 4.97. The maximum absolute atomic E-state index is 12.6. The summed E-state index contributed by atoms with van der Waals surface area (Å²) in [6.45, 7) is 1.23. The number of nitriles is 1. The predicted octanol–water partition coefficient (Wildman–Crippen LogP) is 2.22. The minimum absolute atomic E-state index is 0.00475. The summed E-state index contributed by atoms with van der Waals surface area (Å²) in [6.07, 6.45) is 4.93. The molecule has 0 bridgehead atoms. The molecule has 0 atom stereocenters. The van der Waals surface area contributed by atoms with Crippen LogP contribution in [0.2, 0.25) is 0 Å². The Labute approximate surface area is 162 Å². The highest BCUT2D eigenvalue weighted by Crippen LogP contribution is 2.19. The van der Waals surface area contributed by atoms with Crippen molar-refractivity contribution in [2.24, 2.45) is 0 Å². The SMILES string of the molecule is N#Cc1ccc(C(=O)N2CCC(Oc3ccc(-n4cccn4)nn3)CC2)cc1. The fourth-order valence-corrected chi connectivity index (χ4v) is 3.12. The summed E-state index contributed by atoms with van der Waals surface area (Å²) in [7, 11) is 0. The van der Waals surface area contributed by atoms with Crippen LogP contribution in [0.15, 0.2) is 54.9 Å². The van der Waals surface area contributed by atoms with Crippen LogP contribution in [0.25, 0.3) is 5.82 Å². The Balaban J connectivity index is 1.31. The fourth-order valence-electron chi connectivity index (χ4n) is 3.12. The number of hydrogen-bond donors (Lipinski definition) is 0. The van der Waals surface area contributed by atoms with E-state index in [1.54, 1.807) is 53.5 Å². The molecule has 0 aliphatic carbocycles.